The molecular weight excluding hydrogens is 288 g/mol. The fourth-order valence-electron chi connectivity index (χ4n) is 1.78. The van der Waals surface area contributed by atoms with Crippen LogP contribution < -0.4 is 10.3 Å². The highest BCUT2D eigenvalue weighted by Gasteiger charge is 2.15. The van der Waals surface area contributed by atoms with E-state index in [1.54, 1.807) is 36.4 Å². The van der Waals surface area contributed by atoms with Crippen LogP contribution in [0.2, 0.25) is 0 Å². The van der Waals surface area contributed by atoms with Gasteiger partial charge in [0.05, 0.1) is 4.90 Å². The number of hydrazine groups is 1. The average Bonchev–Trinajstić information content (AvgIpc) is 2.53. The van der Waals surface area contributed by atoms with Crippen LogP contribution in [0.3, 0.4) is 0 Å². The standard InChI is InChI=1S/C15H16N2O3S/c1-2-12-7-6-8-13(11-12)15(18)16-17-21(19,20)14-9-4-3-5-10-14/h3-11,17H,2H2,1H3,(H,16,18). The van der Waals surface area contributed by atoms with Gasteiger partial charge in [-0.25, -0.2) is 8.42 Å². The molecule has 2 N–H and O–H groups in total. The van der Waals surface area contributed by atoms with Gasteiger partial charge < -0.3 is 0 Å². The molecule has 0 aliphatic rings. The number of rotatable bonds is 5. The van der Waals surface area contributed by atoms with E-state index in [4.69, 9.17) is 0 Å². The summed E-state index contributed by atoms with van der Waals surface area (Å²) in [6.45, 7) is 1.98. The van der Waals surface area contributed by atoms with E-state index in [9.17, 15) is 13.2 Å². The van der Waals surface area contributed by atoms with E-state index >= 15 is 0 Å². The number of carbonyl (C=O) groups excluding carboxylic acids is 1. The molecule has 2 aromatic rings. The van der Waals surface area contributed by atoms with Crippen LogP contribution in [0, 0.1) is 0 Å². The smallest absolute Gasteiger partial charge is 0.266 e. The van der Waals surface area contributed by atoms with Crippen LogP contribution in [0.1, 0.15) is 22.8 Å². The van der Waals surface area contributed by atoms with Gasteiger partial charge >= 0.3 is 0 Å². The number of amides is 1. The second-order valence-corrected chi connectivity index (χ2v) is 6.11. The van der Waals surface area contributed by atoms with Crippen molar-refractivity contribution < 1.29 is 13.2 Å². The zero-order valence-corrected chi connectivity index (χ0v) is 12.4. The minimum Gasteiger partial charge on any atom is -0.273 e. The van der Waals surface area contributed by atoms with Gasteiger partial charge in [-0.1, -0.05) is 37.3 Å². The Hall–Kier alpha value is -2.18. The fraction of sp³-hybridized carbons (Fsp3) is 0.133. The Balaban J connectivity index is 2.07. The van der Waals surface area contributed by atoms with E-state index in [0.29, 0.717) is 5.56 Å². The SMILES string of the molecule is CCc1cccc(C(=O)NNS(=O)(=O)c2ccccc2)c1. The molecule has 0 aliphatic carbocycles. The van der Waals surface area contributed by atoms with E-state index < -0.39 is 15.9 Å². The molecule has 6 heteroatoms. The Bertz CT molecular complexity index is 728. The molecule has 0 aromatic heterocycles. The van der Waals surface area contributed by atoms with Gasteiger partial charge in [0.15, 0.2) is 0 Å². The maximum Gasteiger partial charge on any atom is 0.266 e. The molecule has 0 fully saturated rings. The summed E-state index contributed by atoms with van der Waals surface area (Å²) in [6.07, 6.45) is 0.802. The van der Waals surface area contributed by atoms with Crippen LogP contribution >= 0.6 is 0 Å². The molecular formula is C15H16N2O3S. The summed E-state index contributed by atoms with van der Waals surface area (Å²) in [5.41, 5.74) is 3.63. The minimum absolute atomic E-state index is 0.0904. The van der Waals surface area contributed by atoms with Crippen molar-refractivity contribution in [3.63, 3.8) is 0 Å². The summed E-state index contributed by atoms with van der Waals surface area (Å²) in [6, 6.07) is 14.9. The van der Waals surface area contributed by atoms with Crippen LogP contribution in [0.25, 0.3) is 0 Å². The van der Waals surface area contributed by atoms with Crippen molar-refractivity contribution in [3.8, 4) is 0 Å². The number of sulfonamides is 1. The quantitative estimate of drug-likeness (QED) is 0.828. The van der Waals surface area contributed by atoms with E-state index in [1.807, 2.05) is 13.0 Å². The monoisotopic (exact) mass is 304 g/mol. The molecule has 21 heavy (non-hydrogen) atoms. The van der Waals surface area contributed by atoms with Gasteiger partial charge in [0, 0.05) is 5.56 Å². The van der Waals surface area contributed by atoms with E-state index in [0.717, 1.165) is 12.0 Å². The molecule has 1 amide bonds. The molecule has 0 atom stereocenters. The number of aryl methyl sites for hydroxylation is 1. The number of benzene rings is 2. The first-order chi connectivity index (χ1) is 10.0. The molecule has 0 saturated heterocycles. The number of nitrogens with one attached hydrogen (secondary N) is 2. The normalized spacial score (nSPS) is 11.1. The Kier molecular flexibility index (Phi) is 4.72. The molecule has 0 aliphatic heterocycles. The molecule has 0 spiro atoms. The first-order valence-electron chi connectivity index (χ1n) is 6.49. The van der Waals surface area contributed by atoms with Gasteiger partial charge in [-0.15, -0.1) is 4.83 Å². The zero-order valence-electron chi connectivity index (χ0n) is 11.5. The Morgan fingerprint density at radius 1 is 1.05 bits per heavy atom. The molecule has 0 bridgehead atoms. The summed E-state index contributed by atoms with van der Waals surface area (Å²) < 4.78 is 23.9. The molecule has 0 radical (unpaired) electrons. The van der Waals surface area contributed by atoms with Gasteiger partial charge in [-0.2, -0.15) is 0 Å². The van der Waals surface area contributed by atoms with E-state index in [1.165, 1.54) is 12.1 Å². The average molecular weight is 304 g/mol. The lowest BCUT2D eigenvalue weighted by Crippen LogP contribution is -2.41. The van der Waals surface area contributed by atoms with Crippen molar-refractivity contribution in [1.29, 1.82) is 0 Å². The third kappa shape index (κ3) is 3.90. The highest BCUT2D eigenvalue weighted by atomic mass is 32.2. The third-order valence-electron chi connectivity index (χ3n) is 2.95. The Labute approximate surface area is 124 Å². The summed E-state index contributed by atoms with van der Waals surface area (Å²) in [5, 5.41) is 0. The first kappa shape index (κ1) is 15.2. The summed E-state index contributed by atoms with van der Waals surface area (Å²) >= 11 is 0. The summed E-state index contributed by atoms with van der Waals surface area (Å²) in [5.74, 6) is -0.496. The largest absolute Gasteiger partial charge is 0.273 e. The zero-order chi connectivity index (χ0) is 15.3. The highest BCUT2D eigenvalue weighted by Crippen LogP contribution is 2.07. The van der Waals surface area contributed by atoms with Crippen molar-refractivity contribution in [1.82, 2.24) is 10.3 Å². The fourth-order valence-corrected chi connectivity index (χ4v) is 2.64. The maximum absolute atomic E-state index is 12.0. The lowest BCUT2D eigenvalue weighted by atomic mass is 10.1. The van der Waals surface area contributed by atoms with Crippen molar-refractivity contribution in [3.05, 3.63) is 65.7 Å². The number of carbonyl (C=O) groups is 1. The Morgan fingerprint density at radius 2 is 1.76 bits per heavy atom. The van der Waals surface area contributed by atoms with E-state index in [-0.39, 0.29) is 4.90 Å². The molecule has 0 heterocycles. The minimum atomic E-state index is -3.76. The van der Waals surface area contributed by atoms with Crippen LogP contribution in [0.4, 0.5) is 0 Å². The highest BCUT2D eigenvalue weighted by molar-refractivity contribution is 7.89. The molecule has 2 rings (SSSR count). The molecule has 0 saturated carbocycles. The molecule has 0 unspecified atom stereocenters. The van der Waals surface area contributed by atoms with Crippen molar-refractivity contribution >= 4 is 15.9 Å². The van der Waals surface area contributed by atoms with Crippen molar-refractivity contribution in [2.75, 3.05) is 0 Å². The molecule has 2 aromatic carbocycles. The predicted octanol–water partition coefficient (Wildman–Crippen LogP) is 1.87. The van der Waals surface area contributed by atoms with Crippen molar-refractivity contribution in [2.45, 2.75) is 18.2 Å². The van der Waals surface area contributed by atoms with Gasteiger partial charge in [0.1, 0.15) is 0 Å². The van der Waals surface area contributed by atoms with Crippen LogP contribution in [-0.2, 0) is 16.4 Å². The maximum atomic E-state index is 12.0. The summed E-state index contributed by atoms with van der Waals surface area (Å²) in [7, 11) is -3.76. The number of hydrogen-bond donors (Lipinski definition) is 2. The molecule has 5 nitrogen and oxygen atoms in total. The number of hydrogen-bond acceptors (Lipinski definition) is 3. The van der Waals surface area contributed by atoms with Gasteiger partial charge in [0.2, 0.25) is 0 Å². The second kappa shape index (κ2) is 6.51. The van der Waals surface area contributed by atoms with Gasteiger partial charge in [-0.05, 0) is 36.2 Å². The second-order valence-electron chi connectivity index (χ2n) is 4.43. The van der Waals surface area contributed by atoms with E-state index in [2.05, 4.69) is 10.3 Å². The third-order valence-corrected chi connectivity index (χ3v) is 4.21. The summed E-state index contributed by atoms with van der Waals surface area (Å²) in [4.78, 5) is 14.1. The van der Waals surface area contributed by atoms with Crippen LogP contribution in [0.5, 0.6) is 0 Å². The lowest BCUT2D eigenvalue weighted by molar-refractivity contribution is 0.0945. The topological polar surface area (TPSA) is 75.3 Å². The van der Waals surface area contributed by atoms with Crippen LogP contribution in [0.15, 0.2) is 59.5 Å². The Morgan fingerprint density at radius 3 is 2.43 bits per heavy atom. The first-order valence-corrected chi connectivity index (χ1v) is 7.97. The molecule has 110 valence electrons. The lowest BCUT2D eigenvalue weighted by Gasteiger charge is -2.09. The predicted molar refractivity (Wildman–Crippen MR) is 80.0 cm³/mol. The van der Waals surface area contributed by atoms with Crippen LogP contribution in [-0.4, -0.2) is 14.3 Å². The van der Waals surface area contributed by atoms with Crippen molar-refractivity contribution in [2.24, 2.45) is 0 Å². The van der Waals surface area contributed by atoms with Gasteiger partial charge in [0.25, 0.3) is 15.9 Å². The van der Waals surface area contributed by atoms with Gasteiger partial charge in [-0.3, -0.25) is 10.2 Å².